The summed E-state index contributed by atoms with van der Waals surface area (Å²) in [6, 6.07) is 17.5. The number of ether oxygens (including phenoxy) is 2. The van der Waals surface area contributed by atoms with Crippen molar-refractivity contribution in [3.63, 3.8) is 0 Å². The number of halogens is 1. The van der Waals surface area contributed by atoms with E-state index in [-0.39, 0.29) is 41.4 Å². The topological polar surface area (TPSA) is 105 Å². The van der Waals surface area contributed by atoms with Gasteiger partial charge in [0.1, 0.15) is 31.6 Å². The Labute approximate surface area is 245 Å². The lowest BCUT2D eigenvalue weighted by Crippen LogP contribution is -2.52. The fourth-order valence-electron chi connectivity index (χ4n) is 5.20. The summed E-state index contributed by atoms with van der Waals surface area (Å²) in [6.45, 7) is 1.74. The summed E-state index contributed by atoms with van der Waals surface area (Å²) >= 11 is 0. The van der Waals surface area contributed by atoms with E-state index in [9.17, 15) is 22.4 Å². The van der Waals surface area contributed by atoms with Gasteiger partial charge in [0.05, 0.1) is 10.6 Å². The van der Waals surface area contributed by atoms with Gasteiger partial charge in [0.2, 0.25) is 11.8 Å². The second-order valence-corrected chi connectivity index (χ2v) is 12.3. The lowest BCUT2D eigenvalue weighted by Gasteiger charge is -2.32. The van der Waals surface area contributed by atoms with Gasteiger partial charge in [-0.2, -0.15) is 0 Å². The molecule has 1 unspecified atom stereocenters. The molecule has 3 aromatic rings. The van der Waals surface area contributed by atoms with Gasteiger partial charge < -0.3 is 19.7 Å². The molecule has 1 heterocycles. The maximum absolute atomic E-state index is 14.0. The third-order valence-electron chi connectivity index (χ3n) is 7.56. The predicted octanol–water partition coefficient (Wildman–Crippen LogP) is 4.27. The summed E-state index contributed by atoms with van der Waals surface area (Å²) in [6.07, 6.45) is 3.85. The van der Waals surface area contributed by atoms with Gasteiger partial charge >= 0.3 is 0 Å². The van der Waals surface area contributed by atoms with Gasteiger partial charge in [-0.1, -0.05) is 43.2 Å². The van der Waals surface area contributed by atoms with Crippen molar-refractivity contribution in [1.29, 1.82) is 0 Å². The Morgan fingerprint density at radius 2 is 1.62 bits per heavy atom. The van der Waals surface area contributed by atoms with Gasteiger partial charge in [-0.25, -0.2) is 12.8 Å². The van der Waals surface area contributed by atoms with Crippen molar-refractivity contribution in [1.82, 2.24) is 10.2 Å². The monoisotopic (exact) mass is 595 g/mol. The number of hydrogen-bond donors (Lipinski definition) is 1. The number of rotatable bonds is 10. The minimum absolute atomic E-state index is 0.0555. The minimum atomic E-state index is -4.34. The number of carbonyl (C=O) groups is 2. The Morgan fingerprint density at radius 3 is 2.31 bits per heavy atom. The number of anilines is 1. The van der Waals surface area contributed by atoms with Gasteiger partial charge in [-0.3, -0.25) is 13.9 Å². The molecule has 0 saturated heterocycles. The van der Waals surface area contributed by atoms with E-state index in [0.29, 0.717) is 12.4 Å². The van der Waals surface area contributed by atoms with Crippen LogP contribution in [-0.4, -0.2) is 57.0 Å². The first-order valence-corrected chi connectivity index (χ1v) is 15.5. The highest BCUT2D eigenvalue weighted by atomic mass is 32.2. The Hall–Kier alpha value is -4.12. The average Bonchev–Trinajstić information content (AvgIpc) is 3.52. The zero-order chi connectivity index (χ0) is 29.7. The van der Waals surface area contributed by atoms with Crippen LogP contribution in [0.5, 0.6) is 11.5 Å². The average molecular weight is 596 g/mol. The summed E-state index contributed by atoms with van der Waals surface area (Å²) < 4.78 is 54.0. The molecular weight excluding hydrogens is 561 g/mol. The highest BCUT2D eigenvalue weighted by Crippen LogP contribution is 2.34. The quantitative estimate of drug-likeness (QED) is 0.376. The Kier molecular flexibility index (Phi) is 8.96. The van der Waals surface area contributed by atoms with E-state index < -0.39 is 34.3 Å². The standard InChI is InChI=1S/C31H34FN3O6S/c1-22(31(37)33-25-9-5-6-10-25)34(20-23-7-3-2-4-8-23)30(36)21-35(26-13-11-24(32)12-14-26)42(38,39)27-15-16-28-29(19-27)41-18-17-40-28/h2-4,7-8,11-16,19,22,25H,5-6,9-10,17-18,20-21H2,1H3,(H,33,37). The van der Waals surface area contributed by atoms with Crippen LogP contribution in [0.2, 0.25) is 0 Å². The summed E-state index contributed by atoms with van der Waals surface area (Å²) in [5, 5.41) is 3.04. The van der Waals surface area contributed by atoms with Crippen molar-refractivity contribution in [3.05, 3.63) is 84.2 Å². The number of nitrogens with zero attached hydrogens (tertiary/aromatic N) is 2. The molecule has 1 aliphatic carbocycles. The molecular formula is C31H34FN3O6S. The molecule has 1 saturated carbocycles. The zero-order valence-corrected chi connectivity index (χ0v) is 24.2. The highest BCUT2D eigenvalue weighted by molar-refractivity contribution is 7.92. The molecule has 1 aliphatic heterocycles. The molecule has 2 aliphatic rings. The van der Waals surface area contributed by atoms with E-state index in [4.69, 9.17) is 9.47 Å². The SMILES string of the molecule is CC(C(=O)NC1CCCC1)N(Cc1ccccc1)C(=O)CN(c1ccc(F)cc1)S(=O)(=O)c1ccc2c(c1)OCCO2. The van der Waals surface area contributed by atoms with Crippen molar-refractivity contribution in [2.45, 2.75) is 56.1 Å². The Morgan fingerprint density at radius 1 is 0.952 bits per heavy atom. The van der Waals surface area contributed by atoms with Crippen LogP contribution in [0.25, 0.3) is 0 Å². The molecule has 5 rings (SSSR count). The highest BCUT2D eigenvalue weighted by Gasteiger charge is 2.34. The lowest BCUT2D eigenvalue weighted by atomic mass is 10.1. The number of nitrogens with one attached hydrogen (secondary N) is 1. The van der Waals surface area contributed by atoms with Crippen molar-refractivity contribution in [2.24, 2.45) is 0 Å². The molecule has 42 heavy (non-hydrogen) atoms. The smallest absolute Gasteiger partial charge is 0.264 e. The summed E-state index contributed by atoms with van der Waals surface area (Å²) in [5.41, 5.74) is 0.886. The molecule has 0 bridgehead atoms. The van der Waals surface area contributed by atoms with Crippen molar-refractivity contribution >= 4 is 27.5 Å². The minimum Gasteiger partial charge on any atom is -0.486 e. The van der Waals surface area contributed by atoms with Gasteiger partial charge in [0.25, 0.3) is 10.0 Å². The first-order valence-electron chi connectivity index (χ1n) is 14.0. The molecule has 0 spiro atoms. The molecule has 1 fully saturated rings. The molecule has 11 heteroatoms. The largest absolute Gasteiger partial charge is 0.486 e. The van der Waals surface area contributed by atoms with E-state index >= 15 is 0 Å². The van der Waals surface area contributed by atoms with Gasteiger partial charge in [0, 0.05) is 18.7 Å². The molecule has 1 N–H and O–H groups in total. The van der Waals surface area contributed by atoms with Gasteiger partial charge in [0.15, 0.2) is 11.5 Å². The molecule has 2 amide bonds. The fourth-order valence-corrected chi connectivity index (χ4v) is 6.63. The number of hydrogen-bond acceptors (Lipinski definition) is 6. The second-order valence-electron chi connectivity index (χ2n) is 10.5. The Bertz CT molecular complexity index is 1510. The molecule has 1 atom stereocenters. The summed E-state index contributed by atoms with van der Waals surface area (Å²) in [7, 11) is -4.34. The molecule has 0 radical (unpaired) electrons. The van der Waals surface area contributed by atoms with Crippen LogP contribution in [0.4, 0.5) is 10.1 Å². The number of amides is 2. The van der Waals surface area contributed by atoms with Crippen LogP contribution in [0, 0.1) is 5.82 Å². The predicted molar refractivity (Wildman–Crippen MR) is 155 cm³/mol. The molecule has 222 valence electrons. The molecule has 0 aromatic heterocycles. The first kappa shape index (κ1) is 29.4. The van der Waals surface area contributed by atoms with Crippen LogP contribution in [0.15, 0.2) is 77.7 Å². The number of sulfonamides is 1. The third kappa shape index (κ3) is 6.67. The first-order chi connectivity index (χ1) is 20.2. The normalized spacial score (nSPS) is 15.6. The van der Waals surface area contributed by atoms with E-state index in [2.05, 4.69) is 5.32 Å². The number of benzene rings is 3. The van der Waals surface area contributed by atoms with Crippen molar-refractivity contribution in [3.8, 4) is 11.5 Å². The lowest BCUT2D eigenvalue weighted by molar-refractivity contribution is -0.139. The van der Waals surface area contributed by atoms with Crippen LogP contribution in [-0.2, 0) is 26.2 Å². The summed E-state index contributed by atoms with van der Waals surface area (Å²) in [4.78, 5) is 28.6. The Balaban J connectivity index is 1.47. The molecule has 3 aromatic carbocycles. The zero-order valence-electron chi connectivity index (χ0n) is 23.4. The van der Waals surface area contributed by atoms with Crippen LogP contribution in [0.3, 0.4) is 0 Å². The van der Waals surface area contributed by atoms with E-state index in [1.54, 1.807) is 6.92 Å². The van der Waals surface area contributed by atoms with Crippen LogP contribution in [0.1, 0.15) is 38.2 Å². The third-order valence-corrected chi connectivity index (χ3v) is 9.33. The summed E-state index contributed by atoms with van der Waals surface area (Å²) in [5.74, 6) is -0.742. The maximum Gasteiger partial charge on any atom is 0.264 e. The van der Waals surface area contributed by atoms with Crippen molar-refractivity contribution < 1.29 is 31.9 Å². The van der Waals surface area contributed by atoms with E-state index in [0.717, 1.165) is 47.7 Å². The van der Waals surface area contributed by atoms with Crippen molar-refractivity contribution in [2.75, 3.05) is 24.1 Å². The second kappa shape index (κ2) is 12.8. The van der Waals surface area contributed by atoms with Crippen LogP contribution >= 0.6 is 0 Å². The fraction of sp³-hybridized carbons (Fsp3) is 0.355. The van der Waals surface area contributed by atoms with Gasteiger partial charge in [-0.05, 0) is 61.7 Å². The van der Waals surface area contributed by atoms with E-state index in [1.807, 2.05) is 30.3 Å². The number of fused-ring (bicyclic) bond motifs is 1. The number of carbonyl (C=O) groups excluding carboxylic acids is 2. The van der Waals surface area contributed by atoms with Gasteiger partial charge in [-0.15, -0.1) is 0 Å². The molecule has 9 nitrogen and oxygen atoms in total. The van der Waals surface area contributed by atoms with Crippen LogP contribution < -0.4 is 19.1 Å². The maximum atomic E-state index is 14.0. The van der Waals surface area contributed by atoms with E-state index in [1.165, 1.54) is 35.2 Å².